The molecule has 0 aliphatic carbocycles. The van der Waals surface area contributed by atoms with Crippen LogP contribution in [-0.2, 0) is 9.47 Å². The lowest BCUT2D eigenvalue weighted by atomic mass is 10.0. The Bertz CT molecular complexity index is 578. The summed E-state index contributed by atoms with van der Waals surface area (Å²) in [6.07, 6.45) is 1.86. The van der Waals surface area contributed by atoms with Crippen molar-refractivity contribution in [3.8, 4) is 0 Å². The molecule has 0 saturated carbocycles. The Hall–Kier alpha value is -1.43. The van der Waals surface area contributed by atoms with Crippen molar-refractivity contribution >= 4 is 5.91 Å². The van der Waals surface area contributed by atoms with Crippen molar-refractivity contribution in [2.45, 2.75) is 32.7 Å². The van der Waals surface area contributed by atoms with Crippen LogP contribution in [0.25, 0.3) is 0 Å². The highest BCUT2D eigenvalue weighted by atomic mass is 16.5. The Morgan fingerprint density at radius 2 is 1.80 bits per heavy atom. The van der Waals surface area contributed by atoms with Crippen LogP contribution in [0.5, 0.6) is 0 Å². The second-order valence-electron chi connectivity index (χ2n) is 7.11. The second kappa shape index (κ2) is 8.79. The molecule has 0 bridgehead atoms. The van der Waals surface area contributed by atoms with Crippen molar-refractivity contribution in [1.29, 1.82) is 0 Å². The van der Waals surface area contributed by atoms with Crippen LogP contribution in [-0.4, -0.2) is 74.4 Å². The predicted octanol–water partition coefficient (Wildman–Crippen LogP) is 2.26. The summed E-state index contributed by atoms with van der Waals surface area (Å²) in [6.45, 7) is 10.8. The lowest BCUT2D eigenvalue weighted by Crippen LogP contribution is -2.48. The molecule has 5 nitrogen and oxygen atoms in total. The lowest BCUT2D eigenvalue weighted by molar-refractivity contribution is 0.0141. The van der Waals surface area contributed by atoms with E-state index in [-0.39, 0.29) is 11.9 Å². The fourth-order valence-electron chi connectivity index (χ4n) is 3.73. The van der Waals surface area contributed by atoms with Gasteiger partial charge in [0, 0.05) is 51.0 Å². The molecule has 2 aliphatic rings. The van der Waals surface area contributed by atoms with E-state index < -0.39 is 0 Å². The number of hydrogen-bond acceptors (Lipinski definition) is 4. The molecule has 2 heterocycles. The molecule has 0 unspecified atom stereocenters. The molecule has 1 amide bonds. The largest absolute Gasteiger partial charge is 0.381 e. The van der Waals surface area contributed by atoms with E-state index in [2.05, 4.69) is 22.8 Å². The summed E-state index contributed by atoms with van der Waals surface area (Å²) >= 11 is 0. The number of benzene rings is 1. The summed E-state index contributed by atoms with van der Waals surface area (Å²) < 4.78 is 10.9. The number of amides is 1. The number of morpholine rings is 1. The van der Waals surface area contributed by atoms with Crippen LogP contribution in [0.4, 0.5) is 0 Å². The first-order chi connectivity index (χ1) is 12.1. The van der Waals surface area contributed by atoms with Gasteiger partial charge in [-0.15, -0.1) is 0 Å². The first-order valence-corrected chi connectivity index (χ1v) is 9.41. The van der Waals surface area contributed by atoms with Crippen molar-refractivity contribution < 1.29 is 14.3 Å². The molecule has 0 spiro atoms. The van der Waals surface area contributed by atoms with E-state index in [4.69, 9.17) is 9.47 Å². The Morgan fingerprint density at radius 1 is 1.12 bits per heavy atom. The highest BCUT2D eigenvalue weighted by molar-refractivity contribution is 5.96. The molecule has 2 saturated heterocycles. The monoisotopic (exact) mass is 346 g/mol. The Morgan fingerprint density at radius 3 is 2.48 bits per heavy atom. The molecule has 1 aromatic rings. The molecular weight excluding hydrogens is 316 g/mol. The van der Waals surface area contributed by atoms with E-state index in [1.807, 2.05) is 19.1 Å². The first kappa shape index (κ1) is 18.4. The van der Waals surface area contributed by atoms with Crippen LogP contribution in [0.15, 0.2) is 18.2 Å². The summed E-state index contributed by atoms with van der Waals surface area (Å²) in [5, 5.41) is 0. The molecule has 2 fully saturated rings. The van der Waals surface area contributed by atoms with Gasteiger partial charge in [-0.3, -0.25) is 9.69 Å². The summed E-state index contributed by atoms with van der Waals surface area (Å²) in [7, 11) is 0. The summed E-state index contributed by atoms with van der Waals surface area (Å²) in [5.74, 6) is 0.164. The average molecular weight is 346 g/mol. The summed E-state index contributed by atoms with van der Waals surface area (Å²) in [6, 6.07) is 6.39. The van der Waals surface area contributed by atoms with Gasteiger partial charge in [0.25, 0.3) is 5.91 Å². The van der Waals surface area contributed by atoms with Gasteiger partial charge < -0.3 is 14.4 Å². The maximum absolute atomic E-state index is 13.3. The van der Waals surface area contributed by atoms with Gasteiger partial charge in [0.05, 0.1) is 13.2 Å². The van der Waals surface area contributed by atoms with Crippen molar-refractivity contribution in [3.63, 3.8) is 0 Å². The number of nitrogens with zero attached hydrogens (tertiary/aromatic N) is 2. The second-order valence-corrected chi connectivity index (χ2v) is 7.11. The van der Waals surface area contributed by atoms with Crippen molar-refractivity contribution in [1.82, 2.24) is 9.80 Å². The molecule has 1 aromatic carbocycles. The molecule has 0 N–H and O–H groups in total. The standard InChI is InChI=1S/C20H30N2O3/c1-16-3-4-19(17(2)15-16)20(23)22(18-5-11-24-12-6-18)8-7-21-9-13-25-14-10-21/h3-4,15,18H,5-14H2,1-2H3. The number of carbonyl (C=O) groups is 1. The predicted molar refractivity (Wildman–Crippen MR) is 98.1 cm³/mol. The minimum atomic E-state index is 0.164. The Kier molecular flexibility index (Phi) is 6.45. The highest BCUT2D eigenvalue weighted by Gasteiger charge is 2.28. The molecular formula is C20H30N2O3. The zero-order valence-corrected chi connectivity index (χ0v) is 15.5. The zero-order chi connectivity index (χ0) is 17.6. The molecule has 138 valence electrons. The summed E-state index contributed by atoms with van der Waals surface area (Å²) in [4.78, 5) is 17.8. The van der Waals surface area contributed by atoms with Gasteiger partial charge in [-0.1, -0.05) is 17.7 Å². The number of ether oxygens (including phenoxy) is 2. The van der Waals surface area contributed by atoms with Crippen LogP contribution in [0, 0.1) is 13.8 Å². The van der Waals surface area contributed by atoms with E-state index in [1.165, 1.54) is 5.56 Å². The maximum atomic E-state index is 13.3. The van der Waals surface area contributed by atoms with Gasteiger partial charge in [0.1, 0.15) is 0 Å². The third-order valence-electron chi connectivity index (χ3n) is 5.27. The van der Waals surface area contributed by atoms with Gasteiger partial charge in [-0.25, -0.2) is 0 Å². The van der Waals surface area contributed by atoms with E-state index in [1.54, 1.807) is 0 Å². The van der Waals surface area contributed by atoms with Crippen molar-refractivity contribution in [2.75, 3.05) is 52.6 Å². The lowest BCUT2D eigenvalue weighted by Gasteiger charge is -2.37. The summed E-state index contributed by atoms with van der Waals surface area (Å²) in [5.41, 5.74) is 3.09. The van der Waals surface area contributed by atoms with Gasteiger partial charge in [0.15, 0.2) is 0 Å². The molecule has 25 heavy (non-hydrogen) atoms. The molecule has 5 heteroatoms. The van der Waals surface area contributed by atoms with Crippen LogP contribution < -0.4 is 0 Å². The Balaban J connectivity index is 1.73. The van der Waals surface area contributed by atoms with E-state index in [0.29, 0.717) is 0 Å². The zero-order valence-electron chi connectivity index (χ0n) is 15.5. The van der Waals surface area contributed by atoms with Crippen LogP contribution >= 0.6 is 0 Å². The topological polar surface area (TPSA) is 42.0 Å². The number of rotatable bonds is 5. The number of aryl methyl sites for hydroxylation is 2. The van der Waals surface area contributed by atoms with Gasteiger partial charge in [-0.2, -0.15) is 0 Å². The SMILES string of the molecule is Cc1ccc(C(=O)N(CCN2CCOCC2)C2CCOCC2)c(C)c1. The van der Waals surface area contributed by atoms with Crippen LogP contribution in [0.1, 0.15) is 34.3 Å². The third-order valence-corrected chi connectivity index (χ3v) is 5.27. The van der Waals surface area contributed by atoms with E-state index in [0.717, 1.165) is 76.6 Å². The van der Waals surface area contributed by atoms with Crippen molar-refractivity contribution in [2.24, 2.45) is 0 Å². The van der Waals surface area contributed by atoms with E-state index in [9.17, 15) is 4.79 Å². The minimum Gasteiger partial charge on any atom is -0.381 e. The van der Waals surface area contributed by atoms with Gasteiger partial charge in [-0.05, 0) is 38.3 Å². The molecule has 2 aliphatic heterocycles. The minimum absolute atomic E-state index is 0.164. The fourth-order valence-corrected chi connectivity index (χ4v) is 3.73. The molecule has 0 radical (unpaired) electrons. The Labute approximate surface area is 150 Å². The van der Waals surface area contributed by atoms with Crippen molar-refractivity contribution in [3.05, 3.63) is 34.9 Å². The van der Waals surface area contributed by atoms with Gasteiger partial charge in [0.2, 0.25) is 0 Å². The van der Waals surface area contributed by atoms with Gasteiger partial charge >= 0.3 is 0 Å². The number of carbonyl (C=O) groups excluding carboxylic acids is 1. The normalized spacial score (nSPS) is 19.8. The molecule has 0 atom stereocenters. The smallest absolute Gasteiger partial charge is 0.254 e. The average Bonchev–Trinajstić information content (AvgIpc) is 2.63. The third kappa shape index (κ3) is 4.81. The number of hydrogen-bond donors (Lipinski definition) is 0. The molecule has 0 aromatic heterocycles. The molecule has 3 rings (SSSR count). The highest BCUT2D eigenvalue weighted by Crippen LogP contribution is 2.20. The van der Waals surface area contributed by atoms with E-state index >= 15 is 0 Å². The van der Waals surface area contributed by atoms with Crippen LogP contribution in [0.3, 0.4) is 0 Å². The fraction of sp³-hybridized carbons (Fsp3) is 0.650. The maximum Gasteiger partial charge on any atom is 0.254 e. The van der Waals surface area contributed by atoms with Crippen LogP contribution in [0.2, 0.25) is 0 Å². The quantitative estimate of drug-likeness (QED) is 0.820. The first-order valence-electron chi connectivity index (χ1n) is 9.41.